The van der Waals surface area contributed by atoms with Crippen LogP contribution in [0.4, 0.5) is 0 Å². The maximum absolute atomic E-state index is 12.0. The molecule has 104 valence electrons. The lowest BCUT2D eigenvalue weighted by Crippen LogP contribution is -2.47. The Kier molecular flexibility index (Phi) is 4.54. The van der Waals surface area contributed by atoms with Crippen molar-refractivity contribution < 1.29 is 4.79 Å². The molecule has 0 spiro atoms. The maximum Gasteiger partial charge on any atom is 0.237 e. The van der Waals surface area contributed by atoms with E-state index in [9.17, 15) is 4.79 Å². The summed E-state index contributed by atoms with van der Waals surface area (Å²) in [6, 6.07) is 0.455. The van der Waals surface area contributed by atoms with Crippen molar-refractivity contribution in [1.29, 1.82) is 0 Å². The lowest BCUT2D eigenvalue weighted by atomic mass is 9.84. The van der Waals surface area contributed by atoms with E-state index in [0.717, 1.165) is 37.1 Å². The zero-order valence-electron chi connectivity index (χ0n) is 11.2. The Morgan fingerprint density at radius 3 is 2.67 bits per heavy atom. The van der Waals surface area contributed by atoms with Crippen molar-refractivity contribution in [2.24, 2.45) is 17.8 Å². The van der Waals surface area contributed by atoms with Crippen molar-refractivity contribution in [2.75, 3.05) is 6.54 Å². The largest absolute Gasteiger partial charge is 0.352 e. The first-order chi connectivity index (χ1) is 8.24. The molecule has 3 fully saturated rings. The molecule has 18 heavy (non-hydrogen) atoms. The van der Waals surface area contributed by atoms with E-state index in [1.165, 1.54) is 25.7 Å². The van der Waals surface area contributed by atoms with E-state index in [-0.39, 0.29) is 24.4 Å². The molecule has 2 saturated carbocycles. The van der Waals surface area contributed by atoms with Crippen LogP contribution < -0.4 is 10.6 Å². The Morgan fingerprint density at radius 1 is 1.28 bits per heavy atom. The summed E-state index contributed by atoms with van der Waals surface area (Å²) in [5, 5.41) is 6.52. The van der Waals surface area contributed by atoms with Gasteiger partial charge in [0, 0.05) is 6.04 Å². The molecular weight excluding hydrogens is 248 g/mol. The number of halogens is 1. The molecule has 4 heteroatoms. The van der Waals surface area contributed by atoms with Crippen LogP contribution in [0.15, 0.2) is 0 Å². The summed E-state index contributed by atoms with van der Waals surface area (Å²) in [5.74, 6) is 2.85. The highest BCUT2D eigenvalue weighted by molar-refractivity contribution is 5.85. The zero-order valence-corrected chi connectivity index (χ0v) is 12.0. The topological polar surface area (TPSA) is 41.1 Å². The SMILES string of the molecule is CC(NC(=O)[C@@H]1CCCN1)C1CC2CCC1C2.Cl. The first-order valence-corrected chi connectivity index (χ1v) is 7.28. The lowest BCUT2D eigenvalue weighted by molar-refractivity contribution is -0.123. The van der Waals surface area contributed by atoms with E-state index >= 15 is 0 Å². The Balaban J connectivity index is 0.00000120. The minimum atomic E-state index is 0. The molecule has 2 bridgehead atoms. The third kappa shape index (κ3) is 2.67. The Bertz CT molecular complexity index is 304. The number of nitrogens with one attached hydrogen (secondary N) is 2. The highest BCUT2D eigenvalue weighted by atomic mass is 35.5. The van der Waals surface area contributed by atoms with E-state index in [2.05, 4.69) is 17.6 Å². The number of hydrogen-bond donors (Lipinski definition) is 2. The fourth-order valence-electron chi connectivity index (χ4n) is 4.25. The fraction of sp³-hybridized carbons (Fsp3) is 0.929. The molecule has 3 rings (SSSR count). The minimum absolute atomic E-state index is 0. The van der Waals surface area contributed by atoms with Gasteiger partial charge in [0.05, 0.1) is 6.04 Å². The van der Waals surface area contributed by atoms with Gasteiger partial charge in [-0.05, 0) is 63.3 Å². The van der Waals surface area contributed by atoms with Crippen LogP contribution in [0, 0.1) is 17.8 Å². The van der Waals surface area contributed by atoms with Crippen LogP contribution in [0.3, 0.4) is 0 Å². The van der Waals surface area contributed by atoms with Gasteiger partial charge >= 0.3 is 0 Å². The normalized spacial score (nSPS) is 39.4. The quantitative estimate of drug-likeness (QED) is 0.826. The van der Waals surface area contributed by atoms with Gasteiger partial charge in [-0.1, -0.05) is 6.42 Å². The predicted molar refractivity (Wildman–Crippen MR) is 74.8 cm³/mol. The van der Waals surface area contributed by atoms with E-state index in [0.29, 0.717) is 6.04 Å². The van der Waals surface area contributed by atoms with E-state index in [4.69, 9.17) is 0 Å². The van der Waals surface area contributed by atoms with Crippen LogP contribution in [0.2, 0.25) is 0 Å². The predicted octanol–water partition coefficient (Wildman–Crippen LogP) is 2.10. The van der Waals surface area contributed by atoms with Gasteiger partial charge < -0.3 is 10.6 Å². The number of rotatable bonds is 3. The molecule has 0 aromatic heterocycles. The van der Waals surface area contributed by atoms with Gasteiger partial charge in [0.15, 0.2) is 0 Å². The van der Waals surface area contributed by atoms with E-state index in [1.807, 2.05) is 0 Å². The molecule has 3 aliphatic rings. The lowest BCUT2D eigenvalue weighted by Gasteiger charge is -2.29. The Labute approximate surface area is 116 Å². The molecule has 1 heterocycles. The van der Waals surface area contributed by atoms with Gasteiger partial charge in [-0.15, -0.1) is 12.4 Å². The first-order valence-electron chi connectivity index (χ1n) is 7.28. The molecule has 0 radical (unpaired) electrons. The van der Waals surface area contributed by atoms with E-state index < -0.39 is 0 Å². The molecule has 1 saturated heterocycles. The summed E-state index contributed by atoms with van der Waals surface area (Å²) in [7, 11) is 0. The highest BCUT2D eigenvalue weighted by Gasteiger charge is 2.42. The smallest absolute Gasteiger partial charge is 0.237 e. The summed E-state index contributed by atoms with van der Waals surface area (Å²) in [6.07, 6.45) is 7.76. The second kappa shape index (κ2) is 5.79. The molecule has 2 aliphatic carbocycles. The van der Waals surface area contributed by atoms with E-state index in [1.54, 1.807) is 0 Å². The molecule has 0 aromatic carbocycles. The Hall–Kier alpha value is -0.280. The number of hydrogen-bond acceptors (Lipinski definition) is 2. The number of carbonyl (C=O) groups is 1. The molecule has 1 amide bonds. The average molecular weight is 273 g/mol. The van der Waals surface area contributed by atoms with Crippen molar-refractivity contribution in [3.8, 4) is 0 Å². The number of fused-ring (bicyclic) bond motifs is 2. The van der Waals surface area contributed by atoms with Crippen molar-refractivity contribution in [3.05, 3.63) is 0 Å². The van der Waals surface area contributed by atoms with Gasteiger partial charge in [0.2, 0.25) is 5.91 Å². The van der Waals surface area contributed by atoms with Gasteiger partial charge in [0.25, 0.3) is 0 Å². The fourth-order valence-corrected chi connectivity index (χ4v) is 4.25. The van der Waals surface area contributed by atoms with Crippen LogP contribution in [0.5, 0.6) is 0 Å². The summed E-state index contributed by atoms with van der Waals surface area (Å²) >= 11 is 0. The minimum Gasteiger partial charge on any atom is -0.352 e. The third-order valence-corrected chi connectivity index (χ3v) is 5.18. The molecule has 0 aromatic rings. The highest BCUT2D eigenvalue weighted by Crippen LogP contribution is 2.49. The van der Waals surface area contributed by atoms with Gasteiger partial charge in [-0.25, -0.2) is 0 Å². The molecular formula is C14H25ClN2O. The van der Waals surface area contributed by atoms with Crippen LogP contribution in [0.1, 0.15) is 45.4 Å². The van der Waals surface area contributed by atoms with Crippen molar-refractivity contribution in [3.63, 3.8) is 0 Å². The molecule has 5 atom stereocenters. The maximum atomic E-state index is 12.0. The average Bonchev–Trinajstić information content (AvgIpc) is 3.05. The number of carbonyl (C=O) groups excluding carboxylic acids is 1. The second-order valence-electron chi connectivity index (χ2n) is 6.28. The number of amides is 1. The summed E-state index contributed by atoms with van der Waals surface area (Å²) < 4.78 is 0. The zero-order chi connectivity index (χ0) is 11.8. The Morgan fingerprint density at radius 2 is 2.11 bits per heavy atom. The molecule has 3 nitrogen and oxygen atoms in total. The monoisotopic (exact) mass is 272 g/mol. The molecule has 2 N–H and O–H groups in total. The summed E-state index contributed by atoms with van der Waals surface area (Å²) in [6.45, 7) is 3.21. The molecule has 1 aliphatic heterocycles. The van der Waals surface area contributed by atoms with Crippen molar-refractivity contribution >= 4 is 18.3 Å². The van der Waals surface area contributed by atoms with Crippen LogP contribution in [0.25, 0.3) is 0 Å². The van der Waals surface area contributed by atoms with Crippen LogP contribution in [-0.2, 0) is 4.79 Å². The summed E-state index contributed by atoms with van der Waals surface area (Å²) in [5.41, 5.74) is 0. The van der Waals surface area contributed by atoms with Crippen LogP contribution in [-0.4, -0.2) is 24.5 Å². The second-order valence-corrected chi connectivity index (χ2v) is 6.28. The van der Waals surface area contributed by atoms with Crippen molar-refractivity contribution in [1.82, 2.24) is 10.6 Å². The van der Waals surface area contributed by atoms with Gasteiger partial charge in [-0.2, -0.15) is 0 Å². The van der Waals surface area contributed by atoms with Gasteiger partial charge in [-0.3, -0.25) is 4.79 Å². The van der Waals surface area contributed by atoms with Crippen LogP contribution >= 0.6 is 12.4 Å². The third-order valence-electron chi connectivity index (χ3n) is 5.18. The molecule has 4 unspecified atom stereocenters. The summed E-state index contributed by atoms with van der Waals surface area (Å²) in [4.78, 5) is 12.0. The van der Waals surface area contributed by atoms with Gasteiger partial charge in [0.1, 0.15) is 0 Å². The van der Waals surface area contributed by atoms with Crippen molar-refractivity contribution in [2.45, 2.75) is 57.5 Å². The first kappa shape index (κ1) is 14.1. The standard InChI is InChI=1S/C14H24N2O.ClH/c1-9(12-8-10-4-5-11(12)7-10)16-14(17)13-3-2-6-15-13;/h9-13,15H,2-8H2,1H3,(H,16,17);1H/t9?,10?,11?,12?,13-;/m0./s1.